The van der Waals surface area contributed by atoms with Crippen LogP contribution in [0.25, 0.3) is 0 Å². The Kier molecular flexibility index (Phi) is 5.19. The number of hydrogen-bond acceptors (Lipinski definition) is 4. The van der Waals surface area contributed by atoms with Crippen LogP contribution in [-0.4, -0.2) is 39.0 Å². The van der Waals surface area contributed by atoms with Gasteiger partial charge in [-0.1, -0.05) is 17.7 Å². The summed E-state index contributed by atoms with van der Waals surface area (Å²) in [7, 11) is 1.68. The van der Waals surface area contributed by atoms with E-state index in [9.17, 15) is 0 Å². The van der Waals surface area contributed by atoms with E-state index in [4.69, 9.17) is 14.2 Å². The lowest BCUT2D eigenvalue weighted by Crippen LogP contribution is -2.45. The van der Waals surface area contributed by atoms with Gasteiger partial charge in [0.05, 0.1) is 32.5 Å². The number of nitrogens with one attached hydrogen (secondary N) is 1. The summed E-state index contributed by atoms with van der Waals surface area (Å²) in [6.45, 7) is 7.08. The Hall–Kier alpha value is -1.10. The van der Waals surface area contributed by atoms with Crippen molar-refractivity contribution in [1.29, 1.82) is 0 Å². The SMILES string of the molecule is COc1ccc(C)cc1COCC1CNCC(C)O1. The Morgan fingerprint density at radius 2 is 2.21 bits per heavy atom. The molecule has 1 heterocycles. The minimum absolute atomic E-state index is 0.138. The van der Waals surface area contributed by atoms with Gasteiger partial charge in [0.2, 0.25) is 0 Å². The van der Waals surface area contributed by atoms with Gasteiger partial charge in [-0.05, 0) is 19.9 Å². The number of morpholine rings is 1. The van der Waals surface area contributed by atoms with Crippen molar-refractivity contribution >= 4 is 0 Å². The first-order chi connectivity index (χ1) is 9.19. The third-order valence-corrected chi connectivity index (χ3v) is 3.23. The van der Waals surface area contributed by atoms with E-state index < -0.39 is 0 Å². The van der Waals surface area contributed by atoms with Crippen LogP contribution in [0.4, 0.5) is 0 Å². The predicted octanol–water partition coefficient (Wildman–Crippen LogP) is 1.90. The number of hydrogen-bond donors (Lipinski definition) is 1. The van der Waals surface area contributed by atoms with E-state index in [1.165, 1.54) is 5.56 Å². The van der Waals surface area contributed by atoms with Gasteiger partial charge < -0.3 is 19.5 Å². The lowest BCUT2D eigenvalue weighted by atomic mass is 10.1. The van der Waals surface area contributed by atoms with Crippen molar-refractivity contribution in [2.24, 2.45) is 0 Å². The maximum atomic E-state index is 5.79. The molecule has 1 aromatic carbocycles. The second-order valence-corrected chi connectivity index (χ2v) is 5.06. The van der Waals surface area contributed by atoms with Crippen LogP contribution < -0.4 is 10.1 Å². The number of methoxy groups -OCH3 is 1. The molecule has 0 aliphatic carbocycles. The molecule has 2 rings (SSSR count). The third-order valence-electron chi connectivity index (χ3n) is 3.23. The molecule has 1 N–H and O–H groups in total. The largest absolute Gasteiger partial charge is 0.496 e. The van der Waals surface area contributed by atoms with Crippen molar-refractivity contribution in [3.8, 4) is 5.75 Å². The van der Waals surface area contributed by atoms with Crippen molar-refractivity contribution in [2.75, 3.05) is 26.8 Å². The molecular weight excluding hydrogens is 242 g/mol. The van der Waals surface area contributed by atoms with Crippen LogP contribution in [0.2, 0.25) is 0 Å². The minimum Gasteiger partial charge on any atom is -0.496 e. The summed E-state index contributed by atoms with van der Waals surface area (Å²) in [4.78, 5) is 0. The summed E-state index contributed by atoms with van der Waals surface area (Å²) in [5, 5.41) is 3.34. The maximum absolute atomic E-state index is 5.79. The van der Waals surface area contributed by atoms with Gasteiger partial charge in [-0.2, -0.15) is 0 Å². The molecule has 106 valence electrons. The van der Waals surface area contributed by atoms with Crippen molar-refractivity contribution in [3.05, 3.63) is 29.3 Å². The van der Waals surface area contributed by atoms with E-state index >= 15 is 0 Å². The number of benzene rings is 1. The Morgan fingerprint density at radius 3 is 2.95 bits per heavy atom. The molecule has 0 radical (unpaired) electrons. The summed E-state index contributed by atoms with van der Waals surface area (Å²) in [6, 6.07) is 6.12. The zero-order chi connectivity index (χ0) is 13.7. The zero-order valence-corrected chi connectivity index (χ0v) is 11.9. The van der Waals surface area contributed by atoms with E-state index in [0.29, 0.717) is 13.2 Å². The molecule has 1 saturated heterocycles. The van der Waals surface area contributed by atoms with Crippen LogP contribution in [-0.2, 0) is 16.1 Å². The molecule has 0 bridgehead atoms. The summed E-state index contributed by atoms with van der Waals surface area (Å²) >= 11 is 0. The minimum atomic E-state index is 0.138. The van der Waals surface area contributed by atoms with E-state index in [1.807, 2.05) is 12.1 Å². The van der Waals surface area contributed by atoms with Gasteiger partial charge in [0, 0.05) is 18.7 Å². The van der Waals surface area contributed by atoms with Gasteiger partial charge in [0.25, 0.3) is 0 Å². The highest BCUT2D eigenvalue weighted by Gasteiger charge is 2.18. The standard InChI is InChI=1S/C15H23NO3/c1-11-4-5-15(17-3)13(6-11)9-18-10-14-8-16-7-12(2)19-14/h4-6,12,14,16H,7-10H2,1-3H3. The Balaban J connectivity index is 1.83. The summed E-state index contributed by atoms with van der Waals surface area (Å²) in [5.41, 5.74) is 2.29. The molecule has 0 aromatic heterocycles. The molecule has 1 aliphatic heterocycles. The van der Waals surface area contributed by atoms with E-state index in [1.54, 1.807) is 7.11 Å². The fourth-order valence-corrected chi connectivity index (χ4v) is 2.29. The van der Waals surface area contributed by atoms with Gasteiger partial charge in [0.1, 0.15) is 5.75 Å². The molecule has 2 unspecified atom stereocenters. The molecule has 2 atom stereocenters. The van der Waals surface area contributed by atoms with Crippen molar-refractivity contribution in [2.45, 2.75) is 32.7 Å². The highest BCUT2D eigenvalue weighted by atomic mass is 16.5. The smallest absolute Gasteiger partial charge is 0.124 e. The quantitative estimate of drug-likeness (QED) is 0.882. The van der Waals surface area contributed by atoms with Gasteiger partial charge in [0.15, 0.2) is 0 Å². The van der Waals surface area contributed by atoms with Crippen LogP contribution in [0.3, 0.4) is 0 Å². The molecule has 1 fully saturated rings. The molecule has 1 aliphatic rings. The maximum Gasteiger partial charge on any atom is 0.124 e. The van der Waals surface area contributed by atoms with Gasteiger partial charge >= 0.3 is 0 Å². The van der Waals surface area contributed by atoms with Crippen LogP contribution >= 0.6 is 0 Å². The van der Waals surface area contributed by atoms with Gasteiger partial charge in [-0.15, -0.1) is 0 Å². The van der Waals surface area contributed by atoms with Crippen molar-refractivity contribution < 1.29 is 14.2 Å². The van der Waals surface area contributed by atoms with Crippen LogP contribution in [0.5, 0.6) is 5.75 Å². The lowest BCUT2D eigenvalue weighted by Gasteiger charge is -2.28. The van der Waals surface area contributed by atoms with Gasteiger partial charge in [-0.3, -0.25) is 0 Å². The van der Waals surface area contributed by atoms with Crippen LogP contribution in [0.1, 0.15) is 18.1 Å². The molecule has 4 heteroatoms. The Morgan fingerprint density at radius 1 is 1.37 bits per heavy atom. The molecular formula is C15H23NO3. The van der Waals surface area contributed by atoms with Crippen molar-refractivity contribution in [1.82, 2.24) is 5.32 Å². The van der Waals surface area contributed by atoms with Gasteiger partial charge in [-0.25, -0.2) is 0 Å². The second-order valence-electron chi connectivity index (χ2n) is 5.06. The predicted molar refractivity (Wildman–Crippen MR) is 74.6 cm³/mol. The monoisotopic (exact) mass is 265 g/mol. The number of ether oxygens (including phenoxy) is 3. The molecule has 0 saturated carbocycles. The zero-order valence-electron chi connectivity index (χ0n) is 11.9. The first-order valence-corrected chi connectivity index (χ1v) is 6.76. The van der Waals surface area contributed by atoms with E-state index in [-0.39, 0.29) is 12.2 Å². The van der Waals surface area contributed by atoms with Crippen LogP contribution in [0.15, 0.2) is 18.2 Å². The van der Waals surface area contributed by atoms with E-state index in [2.05, 4.69) is 25.2 Å². The van der Waals surface area contributed by atoms with E-state index in [0.717, 1.165) is 24.4 Å². The average Bonchev–Trinajstić information content (AvgIpc) is 2.39. The summed E-state index contributed by atoms with van der Waals surface area (Å²) < 4.78 is 16.9. The highest BCUT2D eigenvalue weighted by molar-refractivity contribution is 5.36. The average molecular weight is 265 g/mol. The second kappa shape index (κ2) is 6.89. The Bertz CT molecular complexity index is 408. The molecule has 0 spiro atoms. The van der Waals surface area contributed by atoms with Crippen molar-refractivity contribution in [3.63, 3.8) is 0 Å². The van der Waals surface area contributed by atoms with Crippen LogP contribution in [0, 0.1) is 6.92 Å². The molecule has 19 heavy (non-hydrogen) atoms. The first kappa shape index (κ1) is 14.3. The molecule has 0 amide bonds. The molecule has 1 aromatic rings. The lowest BCUT2D eigenvalue weighted by molar-refractivity contribution is -0.0717. The number of aryl methyl sites for hydroxylation is 1. The fourth-order valence-electron chi connectivity index (χ4n) is 2.29. The Labute approximate surface area is 115 Å². The normalized spacial score (nSPS) is 23.3. The summed E-state index contributed by atoms with van der Waals surface area (Å²) in [5.74, 6) is 0.877. The first-order valence-electron chi connectivity index (χ1n) is 6.76. The highest BCUT2D eigenvalue weighted by Crippen LogP contribution is 2.20. The molecule has 4 nitrogen and oxygen atoms in total. The topological polar surface area (TPSA) is 39.7 Å². The third kappa shape index (κ3) is 4.20. The number of rotatable bonds is 5. The summed E-state index contributed by atoms with van der Waals surface area (Å²) in [6.07, 6.45) is 0.399. The fraction of sp³-hybridized carbons (Fsp3) is 0.600.